The highest BCUT2D eigenvalue weighted by atomic mass is 19.1. The molecule has 0 spiro atoms. The molecule has 0 saturated carbocycles. The first-order valence-electron chi connectivity index (χ1n) is 6.95. The van der Waals surface area contributed by atoms with Gasteiger partial charge in [-0.15, -0.1) is 0 Å². The largest absolute Gasteiger partial charge is 0.295 e. The average molecular weight is 299 g/mol. The highest BCUT2D eigenvalue weighted by Gasteiger charge is 2.28. The molecule has 5 nitrogen and oxygen atoms in total. The van der Waals surface area contributed by atoms with Gasteiger partial charge in [-0.3, -0.25) is 14.9 Å². The van der Waals surface area contributed by atoms with Crippen LogP contribution in [0.4, 0.5) is 10.3 Å². The van der Waals surface area contributed by atoms with Crippen molar-refractivity contribution < 1.29 is 14.0 Å². The molecule has 1 aliphatic carbocycles. The predicted octanol–water partition coefficient (Wildman–Crippen LogP) is 2.49. The molecular weight excluding hydrogens is 285 g/mol. The molecule has 112 valence electrons. The molecule has 1 N–H and O–H groups in total. The number of fused-ring (bicyclic) bond motifs is 1. The summed E-state index contributed by atoms with van der Waals surface area (Å²) >= 11 is 0. The Morgan fingerprint density at radius 2 is 2.00 bits per heavy atom. The van der Waals surface area contributed by atoms with Crippen LogP contribution in [0.15, 0.2) is 30.5 Å². The lowest BCUT2D eigenvalue weighted by Gasteiger charge is -2.23. The number of aromatic nitrogens is 2. The van der Waals surface area contributed by atoms with E-state index in [9.17, 15) is 14.0 Å². The van der Waals surface area contributed by atoms with Crippen LogP contribution in [0.1, 0.15) is 40.9 Å². The van der Waals surface area contributed by atoms with Crippen molar-refractivity contribution in [3.05, 3.63) is 53.1 Å². The first-order valence-corrected chi connectivity index (χ1v) is 6.95. The summed E-state index contributed by atoms with van der Waals surface area (Å²) in [5, 5.41) is 2.51. The van der Waals surface area contributed by atoms with Gasteiger partial charge in [-0.1, -0.05) is 12.1 Å². The van der Waals surface area contributed by atoms with Crippen LogP contribution in [-0.2, 0) is 11.2 Å². The molecule has 0 aliphatic heterocycles. The summed E-state index contributed by atoms with van der Waals surface area (Å²) in [7, 11) is 0. The minimum absolute atomic E-state index is 0.0371. The number of halogens is 1. The monoisotopic (exact) mass is 299 g/mol. The van der Waals surface area contributed by atoms with Crippen molar-refractivity contribution in [2.24, 2.45) is 0 Å². The van der Waals surface area contributed by atoms with Gasteiger partial charge in [0.1, 0.15) is 5.82 Å². The van der Waals surface area contributed by atoms with Crippen LogP contribution in [-0.4, -0.2) is 21.7 Å². The summed E-state index contributed by atoms with van der Waals surface area (Å²) in [5.74, 6) is -0.455. The van der Waals surface area contributed by atoms with Gasteiger partial charge in [0.2, 0.25) is 11.9 Å². The minimum atomic E-state index is -0.304. The minimum Gasteiger partial charge on any atom is -0.295 e. The van der Waals surface area contributed by atoms with Crippen molar-refractivity contribution in [1.29, 1.82) is 0 Å². The van der Waals surface area contributed by atoms with E-state index in [2.05, 4.69) is 15.3 Å². The first-order chi connectivity index (χ1) is 10.5. The maximum absolute atomic E-state index is 13.0. The summed E-state index contributed by atoms with van der Waals surface area (Å²) in [5.41, 5.74) is 2.01. The highest BCUT2D eigenvalue weighted by molar-refractivity contribution is 5.98. The van der Waals surface area contributed by atoms with E-state index in [4.69, 9.17) is 0 Å². The molecule has 0 bridgehead atoms. The Bertz CT molecular complexity index is 744. The number of rotatable bonds is 2. The van der Waals surface area contributed by atoms with Crippen LogP contribution >= 0.6 is 0 Å². The summed E-state index contributed by atoms with van der Waals surface area (Å²) in [6, 6.07) is 6.15. The summed E-state index contributed by atoms with van der Waals surface area (Å²) < 4.78 is 13.0. The van der Waals surface area contributed by atoms with Crippen LogP contribution in [0.3, 0.4) is 0 Å². The SMILES string of the molecule is CC(=O)Nc1ncc2c(n1)CC(c1ccc(F)cc1)CC2=O. The number of ketones is 1. The highest BCUT2D eigenvalue weighted by Crippen LogP contribution is 2.32. The van der Waals surface area contributed by atoms with Crippen molar-refractivity contribution in [2.45, 2.75) is 25.7 Å². The second-order valence-electron chi connectivity index (χ2n) is 5.32. The average Bonchev–Trinajstić information content (AvgIpc) is 2.47. The van der Waals surface area contributed by atoms with Gasteiger partial charge in [0.25, 0.3) is 0 Å². The zero-order chi connectivity index (χ0) is 15.7. The Labute approximate surface area is 126 Å². The zero-order valence-corrected chi connectivity index (χ0v) is 12.0. The molecule has 22 heavy (non-hydrogen) atoms. The molecule has 1 amide bonds. The number of amides is 1. The second-order valence-corrected chi connectivity index (χ2v) is 5.32. The second kappa shape index (κ2) is 5.63. The van der Waals surface area contributed by atoms with E-state index in [0.717, 1.165) is 5.56 Å². The number of Topliss-reactive ketones (excluding diaryl/α,β-unsaturated/α-hetero) is 1. The van der Waals surface area contributed by atoms with Crippen LogP contribution < -0.4 is 5.32 Å². The van der Waals surface area contributed by atoms with Crippen LogP contribution in [0, 0.1) is 5.82 Å². The number of benzene rings is 1. The van der Waals surface area contributed by atoms with Gasteiger partial charge >= 0.3 is 0 Å². The van der Waals surface area contributed by atoms with E-state index < -0.39 is 0 Å². The number of nitrogens with one attached hydrogen (secondary N) is 1. The van der Waals surface area contributed by atoms with E-state index in [-0.39, 0.29) is 29.4 Å². The molecule has 6 heteroatoms. The molecule has 1 aromatic heterocycles. The van der Waals surface area contributed by atoms with Crippen molar-refractivity contribution in [3.8, 4) is 0 Å². The maximum atomic E-state index is 13.0. The van der Waals surface area contributed by atoms with E-state index in [1.165, 1.54) is 25.3 Å². The number of carbonyl (C=O) groups excluding carboxylic acids is 2. The van der Waals surface area contributed by atoms with Gasteiger partial charge in [0.15, 0.2) is 5.78 Å². The lowest BCUT2D eigenvalue weighted by atomic mass is 9.82. The number of carbonyl (C=O) groups is 2. The third kappa shape index (κ3) is 2.86. The predicted molar refractivity (Wildman–Crippen MR) is 78.1 cm³/mol. The van der Waals surface area contributed by atoms with E-state index >= 15 is 0 Å². The lowest BCUT2D eigenvalue weighted by molar-refractivity contribution is -0.114. The quantitative estimate of drug-likeness (QED) is 0.924. The Hall–Kier alpha value is -2.63. The molecule has 3 rings (SSSR count). The van der Waals surface area contributed by atoms with Gasteiger partial charge in [0, 0.05) is 19.5 Å². The standard InChI is InChI=1S/C16H14FN3O2/c1-9(21)19-16-18-8-13-14(20-16)6-11(7-15(13)22)10-2-4-12(17)5-3-10/h2-5,8,11H,6-7H2,1H3,(H,18,19,20,21). The number of nitrogens with zero attached hydrogens (tertiary/aromatic N) is 2. The topological polar surface area (TPSA) is 72.0 Å². The summed E-state index contributed by atoms with van der Waals surface area (Å²) in [6.07, 6.45) is 2.36. The van der Waals surface area contributed by atoms with Crippen molar-refractivity contribution >= 4 is 17.6 Å². The van der Waals surface area contributed by atoms with Crippen molar-refractivity contribution in [2.75, 3.05) is 5.32 Å². The fraction of sp³-hybridized carbons (Fsp3) is 0.250. The third-order valence-corrected chi connectivity index (χ3v) is 3.67. The smallest absolute Gasteiger partial charge is 0.229 e. The molecule has 1 atom stereocenters. The molecule has 0 saturated heterocycles. The van der Waals surface area contributed by atoms with Gasteiger partial charge in [0.05, 0.1) is 11.3 Å². The summed E-state index contributed by atoms with van der Waals surface area (Å²) in [6.45, 7) is 1.37. The fourth-order valence-corrected chi connectivity index (χ4v) is 2.63. The van der Waals surface area contributed by atoms with Gasteiger partial charge < -0.3 is 0 Å². The van der Waals surface area contributed by atoms with Gasteiger partial charge in [-0.2, -0.15) is 0 Å². The van der Waals surface area contributed by atoms with Gasteiger partial charge in [-0.25, -0.2) is 14.4 Å². The Morgan fingerprint density at radius 3 is 2.68 bits per heavy atom. The molecule has 1 heterocycles. The molecule has 2 aromatic rings. The number of hydrogen-bond donors (Lipinski definition) is 1. The molecule has 0 radical (unpaired) electrons. The number of hydrogen-bond acceptors (Lipinski definition) is 4. The van der Waals surface area contributed by atoms with Gasteiger partial charge in [-0.05, 0) is 30.0 Å². The Morgan fingerprint density at radius 1 is 1.27 bits per heavy atom. The normalized spacial score (nSPS) is 17.0. The molecule has 1 aromatic carbocycles. The van der Waals surface area contributed by atoms with Crippen LogP contribution in [0.25, 0.3) is 0 Å². The number of anilines is 1. The van der Waals surface area contributed by atoms with Crippen LogP contribution in [0.5, 0.6) is 0 Å². The molecule has 1 aliphatic rings. The Balaban J connectivity index is 1.91. The third-order valence-electron chi connectivity index (χ3n) is 3.67. The van der Waals surface area contributed by atoms with E-state index in [1.54, 1.807) is 12.1 Å². The molecule has 0 fully saturated rings. The van der Waals surface area contributed by atoms with Crippen molar-refractivity contribution in [1.82, 2.24) is 9.97 Å². The summed E-state index contributed by atoms with van der Waals surface area (Å²) in [4.78, 5) is 31.5. The lowest BCUT2D eigenvalue weighted by Crippen LogP contribution is -2.22. The molecular formula is C16H14FN3O2. The zero-order valence-electron chi connectivity index (χ0n) is 12.0. The fourth-order valence-electron chi connectivity index (χ4n) is 2.63. The maximum Gasteiger partial charge on any atom is 0.229 e. The van der Waals surface area contributed by atoms with E-state index in [1.807, 2.05) is 0 Å². The molecule has 1 unspecified atom stereocenters. The first kappa shape index (κ1) is 14.3. The van der Waals surface area contributed by atoms with Crippen LogP contribution in [0.2, 0.25) is 0 Å². The van der Waals surface area contributed by atoms with Crippen molar-refractivity contribution in [3.63, 3.8) is 0 Å². The Kier molecular flexibility index (Phi) is 3.66. The van der Waals surface area contributed by atoms with E-state index in [0.29, 0.717) is 24.1 Å².